The number of likely N-dealkylation sites (tertiary alicyclic amines) is 1. The molecule has 0 aromatic heterocycles. The molecule has 0 bridgehead atoms. The number of hydrogen-bond acceptors (Lipinski definition) is 4. The summed E-state index contributed by atoms with van der Waals surface area (Å²) in [7, 11) is 0. The molecule has 0 saturated carbocycles. The van der Waals surface area contributed by atoms with Crippen LogP contribution < -0.4 is 15.4 Å². The van der Waals surface area contributed by atoms with Crippen LogP contribution in [0, 0.1) is 5.92 Å². The molecule has 3 N–H and O–H groups in total. The molecule has 1 heterocycles. The second-order valence-electron chi connectivity index (χ2n) is 7.35. The maximum atomic E-state index is 12.2. The van der Waals surface area contributed by atoms with Gasteiger partial charge >= 0.3 is 6.61 Å². The number of hydrogen-bond donors (Lipinski definition) is 3. The first kappa shape index (κ1) is 26.8. The van der Waals surface area contributed by atoms with E-state index in [0.29, 0.717) is 17.4 Å². The molecule has 172 valence electrons. The Morgan fingerprint density at radius 2 is 1.87 bits per heavy atom. The van der Waals surface area contributed by atoms with Crippen LogP contribution in [0.3, 0.4) is 0 Å². The number of aliphatic hydroxyl groups is 1. The average molecular weight is 540 g/mol. The third-order valence-corrected chi connectivity index (χ3v) is 5.06. The fraction of sp³-hybridized carbons (Fsp3) is 0.667. The van der Waals surface area contributed by atoms with E-state index in [4.69, 9.17) is 0 Å². The number of guanidine groups is 1. The normalized spacial score (nSPS) is 16.8. The zero-order chi connectivity index (χ0) is 21.1. The van der Waals surface area contributed by atoms with Gasteiger partial charge in [0.2, 0.25) is 0 Å². The fourth-order valence-corrected chi connectivity index (χ4v) is 3.47. The minimum Gasteiger partial charge on any atom is -0.435 e. The summed E-state index contributed by atoms with van der Waals surface area (Å²) >= 11 is 0. The Morgan fingerprint density at radius 1 is 1.20 bits per heavy atom. The Balaban J connectivity index is 0.00000450. The molecule has 30 heavy (non-hydrogen) atoms. The molecule has 1 atom stereocenters. The van der Waals surface area contributed by atoms with Crippen molar-refractivity contribution < 1.29 is 18.6 Å². The van der Waals surface area contributed by atoms with Crippen LogP contribution in [0.1, 0.15) is 44.8 Å². The highest BCUT2D eigenvalue weighted by Crippen LogP contribution is 2.20. The fourth-order valence-electron chi connectivity index (χ4n) is 3.47. The number of halogens is 3. The first-order valence-electron chi connectivity index (χ1n) is 10.5. The Bertz CT molecular complexity index is 612. The third kappa shape index (κ3) is 9.74. The SMILES string of the molecule is CCCN1CCC(CNC(=NCC(O)c2ccc(OC(F)F)cc2)NCC)CC1.I. The molecule has 0 radical (unpaired) electrons. The first-order chi connectivity index (χ1) is 14.0. The van der Waals surface area contributed by atoms with E-state index in [1.807, 2.05) is 6.92 Å². The monoisotopic (exact) mass is 540 g/mol. The molecule has 6 nitrogen and oxygen atoms in total. The largest absolute Gasteiger partial charge is 0.435 e. The van der Waals surface area contributed by atoms with Crippen molar-refractivity contribution in [3.8, 4) is 5.75 Å². The summed E-state index contributed by atoms with van der Waals surface area (Å²) in [4.78, 5) is 6.99. The van der Waals surface area contributed by atoms with Crippen LogP contribution >= 0.6 is 24.0 Å². The zero-order valence-corrected chi connectivity index (χ0v) is 20.1. The summed E-state index contributed by atoms with van der Waals surface area (Å²) in [6, 6.07) is 5.98. The Labute approximate surface area is 195 Å². The third-order valence-electron chi connectivity index (χ3n) is 5.06. The summed E-state index contributed by atoms with van der Waals surface area (Å²) in [5.74, 6) is 1.37. The van der Waals surface area contributed by atoms with E-state index in [-0.39, 0.29) is 36.3 Å². The molecule has 0 aliphatic carbocycles. The number of piperidine rings is 1. The Hall–Kier alpha value is -1.20. The number of aliphatic hydroxyl groups excluding tert-OH is 1. The molecular weight excluding hydrogens is 505 g/mol. The number of ether oxygens (including phenoxy) is 1. The van der Waals surface area contributed by atoms with Crippen LogP contribution in [0.25, 0.3) is 0 Å². The van der Waals surface area contributed by atoms with Gasteiger partial charge in [-0.25, -0.2) is 0 Å². The standard InChI is InChI=1S/C21H34F2N4O2.HI/c1-3-11-27-12-9-16(10-13-27)14-25-21(24-4-2)26-15-19(28)17-5-7-18(8-6-17)29-20(22)23;/h5-8,16,19-20,28H,3-4,9-15H2,1-2H3,(H2,24,25,26);1H. The van der Waals surface area contributed by atoms with Gasteiger partial charge in [-0.2, -0.15) is 8.78 Å². The molecule has 1 aliphatic heterocycles. The lowest BCUT2D eigenvalue weighted by molar-refractivity contribution is -0.0498. The molecule has 1 aromatic carbocycles. The van der Waals surface area contributed by atoms with Gasteiger partial charge < -0.3 is 25.4 Å². The van der Waals surface area contributed by atoms with E-state index < -0.39 is 12.7 Å². The number of nitrogens with one attached hydrogen (secondary N) is 2. The van der Waals surface area contributed by atoms with Gasteiger partial charge in [0.25, 0.3) is 0 Å². The van der Waals surface area contributed by atoms with Crippen molar-refractivity contribution in [1.82, 2.24) is 15.5 Å². The van der Waals surface area contributed by atoms with Gasteiger partial charge in [-0.1, -0.05) is 19.1 Å². The molecule has 0 spiro atoms. The number of alkyl halides is 2. The highest BCUT2D eigenvalue weighted by atomic mass is 127. The average Bonchev–Trinajstić information content (AvgIpc) is 2.71. The smallest absolute Gasteiger partial charge is 0.387 e. The predicted molar refractivity (Wildman–Crippen MR) is 127 cm³/mol. The number of aliphatic imine (C=N–C) groups is 1. The Kier molecular flexibility index (Phi) is 13.2. The van der Waals surface area contributed by atoms with Crippen LogP contribution in [-0.2, 0) is 0 Å². The van der Waals surface area contributed by atoms with E-state index in [9.17, 15) is 13.9 Å². The van der Waals surface area contributed by atoms with Crippen LogP contribution in [0.5, 0.6) is 5.75 Å². The topological polar surface area (TPSA) is 69.1 Å². The summed E-state index contributed by atoms with van der Waals surface area (Å²) in [6.45, 7) is 6.61. The van der Waals surface area contributed by atoms with E-state index in [1.165, 1.54) is 37.9 Å². The van der Waals surface area contributed by atoms with Crippen molar-refractivity contribution in [3.63, 3.8) is 0 Å². The first-order valence-corrected chi connectivity index (χ1v) is 10.5. The number of benzene rings is 1. The highest BCUT2D eigenvalue weighted by molar-refractivity contribution is 14.0. The van der Waals surface area contributed by atoms with Crippen LogP contribution in [0.4, 0.5) is 8.78 Å². The van der Waals surface area contributed by atoms with Gasteiger partial charge in [0.05, 0.1) is 12.6 Å². The molecular formula is C21H35F2IN4O2. The van der Waals surface area contributed by atoms with Crippen molar-refractivity contribution in [3.05, 3.63) is 29.8 Å². The van der Waals surface area contributed by atoms with Crippen molar-refractivity contribution in [2.75, 3.05) is 39.3 Å². The summed E-state index contributed by atoms with van der Waals surface area (Å²) in [6.07, 6.45) is 2.75. The minimum atomic E-state index is -2.86. The predicted octanol–water partition coefficient (Wildman–Crippen LogP) is 3.62. The quantitative estimate of drug-likeness (QED) is 0.241. The van der Waals surface area contributed by atoms with Gasteiger partial charge in [0.15, 0.2) is 5.96 Å². The molecule has 1 aliphatic rings. The van der Waals surface area contributed by atoms with Gasteiger partial charge in [-0.15, -0.1) is 24.0 Å². The van der Waals surface area contributed by atoms with Crippen molar-refractivity contribution >= 4 is 29.9 Å². The molecule has 1 aromatic rings. The molecule has 1 unspecified atom stereocenters. The van der Waals surface area contributed by atoms with E-state index in [1.54, 1.807) is 12.1 Å². The van der Waals surface area contributed by atoms with Crippen LogP contribution in [0.15, 0.2) is 29.3 Å². The number of nitrogens with zero attached hydrogens (tertiary/aromatic N) is 2. The van der Waals surface area contributed by atoms with Crippen LogP contribution in [0.2, 0.25) is 0 Å². The molecule has 9 heteroatoms. The number of rotatable bonds is 10. The lowest BCUT2D eigenvalue weighted by Crippen LogP contribution is -2.43. The van der Waals surface area contributed by atoms with Gasteiger partial charge in [0.1, 0.15) is 5.75 Å². The highest BCUT2D eigenvalue weighted by Gasteiger charge is 2.18. The molecule has 1 fully saturated rings. The van der Waals surface area contributed by atoms with E-state index in [0.717, 1.165) is 26.2 Å². The maximum Gasteiger partial charge on any atom is 0.387 e. The Morgan fingerprint density at radius 3 is 2.43 bits per heavy atom. The second-order valence-corrected chi connectivity index (χ2v) is 7.35. The van der Waals surface area contributed by atoms with Crippen LogP contribution in [-0.4, -0.2) is 61.8 Å². The summed E-state index contributed by atoms with van der Waals surface area (Å²) < 4.78 is 28.8. The molecule has 2 rings (SSSR count). The van der Waals surface area contributed by atoms with Crippen molar-refractivity contribution in [2.24, 2.45) is 10.9 Å². The summed E-state index contributed by atoms with van der Waals surface area (Å²) in [5.41, 5.74) is 0.606. The minimum absolute atomic E-state index is 0. The van der Waals surface area contributed by atoms with Gasteiger partial charge in [-0.05, 0) is 69.4 Å². The van der Waals surface area contributed by atoms with Gasteiger partial charge in [0, 0.05) is 13.1 Å². The van der Waals surface area contributed by atoms with Crippen molar-refractivity contribution in [2.45, 2.75) is 45.8 Å². The summed E-state index contributed by atoms with van der Waals surface area (Å²) in [5, 5.41) is 16.9. The van der Waals surface area contributed by atoms with E-state index >= 15 is 0 Å². The lowest BCUT2D eigenvalue weighted by Gasteiger charge is -2.32. The van der Waals surface area contributed by atoms with Gasteiger partial charge in [-0.3, -0.25) is 4.99 Å². The molecule has 1 saturated heterocycles. The van der Waals surface area contributed by atoms with E-state index in [2.05, 4.69) is 32.2 Å². The second kappa shape index (κ2) is 14.7. The van der Waals surface area contributed by atoms with Crippen molar-refractivity contribution in [1.29, 1.82) is 0 Å². The maximum absolute atomic E-state index is 12.2. The zero-order valence-electron chi connectivity index (χ0n) is 17.8. The lowest BCUT2D eigenvalue weighted by atomic mass is 9.97. The molecule has 0 amide bonds.